The molecule has 1 aromatic carbocycles. The van der Waals surface area contributed by atoms with E-state index in [1.54, 1.807) is 0 Å². The van der Waals surface area contributed by atoms with Crippen molar-refractivity contribution in [2.45, 2.75) is 76.4 Å². The molecule has 0 radical (unpaired) electrons. The fraction of sp³-hybridized carbons (Fsp3) is 0.519. The topological polar surface area (TPSA) is 80.2 Å². The van der Waals surface area contributed by atoms with Crippen molar-refractivity contribution in [1.82, 2.24) is 20.3 Å². The summed E-state index contributed by atoms with van der Waals surface area (Å²) in [4.78, 5) is 14.5. The first-order valence-corrected chi connectivity index (χ1v) is 13.0. The summed E-state index contributed by atoms with van der Waals surface area (Å²) in [5.74, 6) is 1.76. The summed E-state index contributed by atoms with van der Waals surface area (Å²) in [6, 6.07) is 6.17. The van der Waals surface area contributed by atoms with Gasteiger partial charge in [0.2, 0.25) is 5.88 Å². The highest BCUT2D eigenvalue weighted by Crippen LogP contribution is 2.38. The van der Waals surface area contributed by atoms with Crippen molar-refractivity contribution in [3.63, 3.8) is 0 Å². The Labute approximate surface area is 206 Å². The second-order valence-corrected chi connectivity index (χ2v) is 10.0. The summed E-state index contributed by atoms with van der Waals surface area (Å²) < 4.78 is 6.34. The smallest absolute Gasteiger partial charge is 0.224 e. The number of aliphatic hydroxyl groups excluding tert-OH is 1. The largest absolute Gasteiger partial charge is 0.474 e. The highest BCUT2D eigenvalue weighted by molar-refractivity contribution is 6.31. The van der Waals surface area contributed by atoms with Gasteiger partial charge in [-0.3, -0.25) is 0 Å². The van der Waals surface area contributed by atoms with Crippen LogP contribution in [0.2, 0.25) is 5.02 Å². The van der Waals surface area contributed by atoms with Crippen molar-refractivity contribution in [3.05, 3.63) is 58.1 Å². The third-order valence-electron chi connectivity index (χ3n) is 7.22. The number of aryl methyl sites for hydroxylation is 1. The standard InChI is InChI=1S/C27H33ClN4O2/c1-2-18-13-17(3-8-24(18)28)14-25-30-16-23-26(32-25)22(19-4-6-20(33)7-5-19)15-31-27(23)34-21-9-11-29-12-10-21/h3,8,13,15-16,19-21,29,33H,2,4-7,9-12,14H2,1H3. The van der Waals surface area contributed by atoms with Crippen molar-refractivity contribution >= 4 is 22.5 Å². The van der Waals surface area contributed by atoms with E-state index in [1.807, 2.05) is 18.5 Å². The maximum Gasteiger partial charge on any atom is 0.224 e. The van der Waals surface area contributed by atoms with Crippen molar-refractivity contribution < 1.29 is 9.84 Å². The molecular weight excluding hydrogens is 448 g/mol. The van der Waals surface area contributed by atoms with Gasteiger partial charge in [0, 0.05) is 29.4 Å². The number of halogens is 1. The third-order valence-corrected chi connectivity index (χ3v) is 7.59. The fourth-order valence-electron chi connectivity index (χ4n) is 5.18. The van der Waals surface area contributed by atoms with Gasteiger partial charge >= 0.3 is 0 Å². The van der Waals surface area contributed by atoms with Crippen LogP contribution in [0.4, 0.5) is 0 Å². The maximum atomic E-state index is 10.0. The first-order chi connectivity index (χ1) is 16.6. The van der Waals surface area contributed by atoms with Gasteiger partial charge < -0.3 is 15.2 Å². The van der Waals surface area contributed by atoms with Gasteiger partial charge in [0.15, 0.2) is 0 Å². The minimum absolute atomic E-state index is 0.161. The van der Waals surface area contributed by atoms with Crippen molar-refractivity contribution in [1.29, 1.82) is 0 Å². The zero-order valence-electron chi connectivity index (χ0n) is 19.8. The van der Waals surface area contributed by atoms with Gasteiger partial charge in [0.1, 0.15) is 11.9 Å². The molecule has 34 heavy (non-hydrogen) atoms. The van der Waals surface area contributed by atoms with E-state index in [1.165, 1.54) is 0 Å². The molecule has 6 nitrogen and oxygen atoms in total. The number of hydrogen-bond donors (Lipinski definition) is 2. The molecule has 1 aliphatic carbocycles. The van der Waals surface area contributed by atoms with Crippen LogP contribution in [-0.4, -0.2) is 45.4 Å². The summed E-state index contributed by atoms with van der Waals surface area (Å²) in [6.45, 7) is 4.04. The molecule has 3 aromatic rings. The van der Waals surface area contributed by atoms with Gasteiger partial charge in [0.25, 0.3) is 0 Å². The zero-order valence-corrected chi connectivity index (χ0v) is 20.5. The molecule has 7 heteroatoms. The van der Waals surface area contributed by atoms with E-state index in [0.29, 0.717) is 18.2 Å². The number of piperidine rings is 1. The van der Waals surface area contributed by atoms with Crippen molar-refractivity contribution in [3.8, 4) is 5.88 Å². The third kappa shape index (κ3) is 5.19. The van der Waals surface area contributed by atoms with Gasteiger partial charge in [0.05, 0.1) is 17.0 Å². The first-order valence-electron chi connectivity index (χ1n) is 12.6. The first kappa shape index (κ1) is 23.5. The second kappa shape index (κ2) is 10.5. The van der Waals surface area contributed by atoms with Crippen LogP contribution in [0, 0.1) is 0 Å². The number of pyridine rings is 1. The van der Waals surface area contributed by atoms with E-state index in [0.717, 1.165) is 96.5 Å². The molecule has 2 N–H and O–H groups in total. The van der Waals surface area contributed by atoms with E-state index in [9.17, 15) is 5.11 Å². The SMILES string of the molecule is CCc1cc(Cc2ncc3c(OC4CCNCC4)ncc(C4CCC(O)CC4)c3n2)ccc1Cl. The van der Waals surface area contributed by atoms with Crippen LogP contribution in [-0.2, 0) is 12.8 Å². The summed E-state index contributed by atoms with van der Waals surface area (Å²) >= 11 is 6.32. The number of aromatic nitrogens is 3. The number of hydrogen-bond acceptors (Lipinski definition) is 6. The molecular formula is C27H33ClN4O2. The maximum absolute atomic E-state index is 10.0. The summed E-state index contributed by atoms with van der Waals surface area (Å²) in [6.07, 6.45) is 10.8. The Morgan fingerprint density at radius 3 is 2.62 bits per heavy atom. The van der Waals surface area contributed by atoms with E-state index in [4.69, 9.17) is 31.3 Å². The molecule has 0 spiro atoms. The number of ether oxygens (including phenoxy) is 1. The van der Waals surface area contributed by atoms with Crippen LogP contribution < -0.4 is 10.1 Å². The predicted octanol–water partition coefficient (Wildman–Crippen LogP) is 4.98. The highest BCUT2D eigenvalue weighted by Gasteiger charge is 2.25. The highest BCUT2D eigenvalue weighted by atomic mass is 35.5. The number of nitrogens with one attached hydrogen (secondary N) is 1. The number of benzene rings is 1. The summed E-state index contributed by atoms with van der Waals surface area (Å²) in [7, 11) is 0. The Hall–Kier alpha value is -2.28. The fourth-order valence-corrected chi connectivity index (χ4v) is 5.43. The van der Waals surface area contributed by atoms with E-state index >= 15 is 0 Å². The lowest BCUT2D eigenvalue weighted by molar-refractivity contribution is 0.122. The number of rotatable bonds is 6. The lowest BCUT2D eigenvalue weighted by Gasteiger charge is -2.27. The number of nitrogens with zero attached hydrogens (tertiary/aromatic N) is 3. The minimum atomic E-state index is -0.194. The molecule has 2 aliphatic rings. The van der Waals surface area contributed by atoms with Crippen molar-refractivity contribution in [2.24, 2.45) is 0 Å². The molecule has 0 amide bonds. The Morgan fingerprint density at radius 2 is 1.85 bits per heavy atom. The molecule has 0 atom stereocenters. The van der Waals surface area contributed by atoms with Crippen LogP contribution in [0.3, 0.4) is 0 Å². The van der Waals surface area contributed by atoms with Crippen LogP contribution in [0.25, 0.3) is 10.9 Å². The van der Waals surface area contributed by atoms with E-state index in [-0.39, 0.29) is 12.2 Å². The molecule has 180 valence electrons. The van der Waals surface area contributed by atoms with E-state index in [2.05, 4.69) is 24.4 Å². The Bertz CT molecular complexity index is 1140. The average Bonchev–Trinajstić information content (AvgIpc) is 2.86. The predicted molar refractivity (Wildman–Crippen MR) is 135 cm³/mol. The average molecular weight is 481 g/mol. The molecule has 1 saturated carbocycles. The van der Waals surface area contributed by atoms with E-state index < -0.39 is 0 Å². The molecule has 1 aliphatic heterocycles. The van der Waals surface area contributed by atoms with Gasteiger partial charge in [-0.15, -0.1) is 0 Å². The molecule has 3 heterocycles. The van der Waals surface area contributed by atoms with Crippen LogP contribution in [0.1, 0.15) is 73.9 Å². The Kier molecular flexibility index (Phi) is 7.28. The minimum Gasteiger partial charge on any atom is -0.474 e. The summed E-state index contributed by atoms with van der Waals surface area (Å²) in [5, 5.41) is 15.1. The van der Waals surface area contributed by atoms with Gasteiger partial charge in [-0.2, -0.15) is 0 Å². The molecule has 0 unspecified atom stereocenters. The summed E-state index contributed by atoms with van der Waals surface area (Å²) in [5.41, 5.74) is 4.38. The lowest BCUT2D eigenvalue weighted by atomic mass is 9.82. The van der Waals surface area contributed by atoms with Gasteiger partial charge in [-0.1, -0.05) is 30.7 Å². The zero-order chi connectivity index (χ0) is 23.5. The molecule has 1 saturated heterocycles. The van der Waals surface area contributed by atoms with Gasteiger partial charge in [-0.05, 0) is 81.1 Å². The molecule has 0 bridgehead atoms. The lowest BCUT2D eigenvalue weighted by Crippen LogP contribution is -2.34. The molecule has 2 fully saturated rings. The van der Waals surface area contributed by atoms with Gasteiger partial charge in [-0.25, -0.2) is 15.0 Å². The Morgan fingerprint density at radius 1 is 1.06 bits per heavy atom. The monoisotopic (exact) mass is 480 g/mol. The van der Waals surface area contributed by atoms with Crippen LogP contribution in [0.15, 0.2) is 30.6 Å². The number of fused-ring (bicyclic) bond motifs is 1. The second-order valence-electron chi connectivity index (χ2n) is 9.60. The quantitative estimate of drug-likeness (QED) is 0.518. The van der Waals surface area contributed by atoms with Crippen LogP contribution >= 0.6 is 11.6 Å². The number of aliphatic hydroxyl groups is 1. The molecule has 2 aromatic heterocycles. The molecule has 5 rings (SSSR count). The van der Waals surface area contributed by atoms with Crippen molar-refractivity contribution in [2.75, 3.05) is 13.1 Å². The Balaban J connectivity index is 1.50. The normalized spacial score (nSPS) is 21.6. The van der Waals surface area contributed by atoms with Crippen LogP contribution in [0.5, 0.6) is 5.88 Å².